The Kier molecular flexibility index (Phi) is 11.1. The molecule has 300 valence electrons. The van der Waals surface area contributed by atoms with E-state index in [-0.39, 0.29) is 6.71 Å². The van der Waals surface area contributed by atoms with Gasteiger partial charge in [-0.05, 0) is 186 Å². The Morgan fingerprint density at radius 3 is 0.741 bits per heavy atom. The van der Waals surface area contributed by atoms with Gasteiger partial charge in [0.05, 0.1) is 11.1 Å². The molecular weight excluding hydrogens is 739 g/mol. The summed E-state index contributed by atoms with van der Waals surface area (Å²) in [5.74, 6) is 0. The lowest BCUT2D eigenvalue weighted by atomic mass is 9.32. The van der Waals surface area contributed by atoms with Crippen molar-refractivity contribution in [1.82, 2.24) is 0 Å². The van der Waals surface area contributed by atoms with Gasteiger partial charge < -0.3 is 5.73 Å². The van der Waals surface area contributed by atoms with Gasteiger partial charge in [-0.3, -0.25) is 0 Å². The molecule has 6 aromatic rings. The molecule has 0 unspecified atom stereocenters. The molecule has 0 aromatic heterocycles. The molecule has 0 heterocycles. The largest absolute Gasteiger partial charge is 0.416 e. The van der Waals surface area contributed by atoms with Crippen molar-refractivity contribution in [3.05, 3.63) is 151 Å². The lowest BCUT2D eigenvalue weighted by Crippen LogP contribution is -2.58. The van der Waals surface area contributed by atoms with E-state index in [1.807, 2.05) is 12.1 Å². The van der Waals surface area contributed by atoms with E-state index in [0.29, 0.717) is 5.69 Å². The standard InChI is InChI=1S/C50H50BF6N/c1-25-31(7)46(32(8)26(2)43(25)37-13-19-40(20-14-37)49(52,53)54)51(48-35(11)29(5)45(30(6)36(48)12)39-17-23-42(58)24-18-39)47-33(9)27(3)44(28(4)34(47)10)38-15-21-41(22-16-38)50(55,56)57/h13-24H,58H2,1-12H3. The molecule has 8 heteroatoms. The summed E-state index contributed by atoms with van der Waals surface area (Å²) in [6, 6.07) is 18.8. The maximum atomic E-state index is 13.6. The van der Waals surface area contributed by atoms with Crippen molar-refractivity contribution in [3.8, 4) is 33.4 Å². The maximum absolute atomic E-state index is 13.6. The minimum atomic E-state index is -4.44. The van der Waals surface area contributed by atoms with Crippen LogP contribution < -0.4 is 22.1 Å². The number of hydrogen-bond donors (Lipinski definition) is 1. The van der Waals surface area contributed by atoms with Crippen LogP contribution in [-0.4, -0.2) is 6.71 Å². The van der Waals surface area contributed by atoms with Crippen LogP contribution in [0.5, 0.6) is 0 Å². The molecule has 0 atom stereocenters. The zero-order chi connectivity index (χ0) is 42.9. The highest BCUT2D eigenvalue weighted by Gasteiger charge is 2.37. The molecule has 0 amide bonds. The van der Waals surface area contributed by atoms with Crippen LogP contribution in [0, 0.1) is 83.1 Å². The molecule has 1 nitrogen and oxygen atoms in total. The molecule has 0 bridgehead atoms. The summed E-state index contributed by atoms with van der Waals surface area (Å²) in [7, 11) is 0. The van der Waals surface area contributed by atoms with Crippen LogP contribution in [0.3, 0.4) is 0 Å². The first-order valence-electron chi connectivity index (χ1n) is 19.5. The summed E-state index contributed by atoms with van der Waals surface area (Å²) >= 11 is 0. The normalized spacial score (nSPS) is 12.0. The first-order chi connectivity index (χ1) is 27.0. The second-order valence-electron chi connectivity index (χ2n) is 16.1. The Morgan fingerprint density at radius 1 is 0.328 bits per heavy atom. The predicted octanol–water partition coefficient (Wildman–Crippen LogP) is 12.5. The first kappa shape index (κ1) is 42.4. The van der Waals surface area contributed by atoms with Crippen LogP contribution in [-0.2, 0) is 12.4 Å². The van der Waals surface area contributed by atoms with Gasteiger partial charge in [0.25, 0.3) is 0 Å². The zero-order valence-electron chi connectivity index (χ0n) is 35.4. The van der Waals surface area contributed by atoms with E-state index in [0.717, 1.165) is 135 Å². The molecule has 0 aliphatic heterocycles. The van der Waals surface area contributed by atoms with Gasteiger partial charge in [0.15, 0.2) is 0 Å². The Hall–Kier alpha value is -5.24. The minimum Gasteiger partial charge on any atom is -0.399 e. The summed E-state index contributed by atoms with van der Waals surface area (Å²) in [6.07, 6.45) is -8.87. The van der Waals surface area contributed by atoms with Gasteiger partial charge in [-0.15, -0.1) is 0 Å². The van der Waals surface area contributed by atoms with Crippen molar-refractivity contribution < 1.29 is 26.3 Å². The number of anilines is 1. The molecule has 0 saturated heterocycles. The molecule has 6 rings (SSSR count). The van der Waals surface area contributed by atoms with E-state index in [2.05, 4.69) is 95.2 Å². The second-order valence-corrected chi connectivity index (χ2v) is 16.1. The number of benzene rings is 6. The third-order valence-electron chi connectivity index (χ3n) is 13.1. The van der Waals surface area contributed by atoms with Crippen LogP contribution in [0.15, 0.2) is 72.8 Å². The third kappa shape index (κ3) is 7.13. The van der Waals surface area contributed by atoms with Gasteiger partial charge >= 0.3 is 12.4 Å². The molecule has 58 heavy (non-hydrogen) atoms. The molecule has 0 aliphatic rings. The van der Waals surface area contributed by atoms with Crippen molar-refractivity contribution >= 4 is 28.8 Å². The lowest BCUT2D eigenvalue weighted by molar-refractivity contribution is -0.138. The van der Waals surface area contributed by atoms with Crippen LogP contribution in [0.4, 0.5) is 32.0 Å². The van der Waals surface area contributed by atoms with Gasteiger partial charge in [-0.25, -0.2) is 0 Å². The monoisotopic (exact) mass is 789 g/mol. The number of rotatable bonds is 6. The SMILES string of the molecule is Cc1c(C)c(-c2ccc(N)cc2)c(C)c(C)c1B(c1c(C)c(C)c(-c2ccc(C(F)(F)F)cc2)c(C)c1C)c1c(C)c(C)c(-c2ccc(C(F)(F)F)cc2)c(C)c1C. The molecule has 0 fully saturated rings. The Balaban J connectivity index is 1.70. The fourth-order valence-corrected chi connectivity index (χ4v) is 9.36. The number of hydrogen-bond acceptors (Lipinski definition) is 1. The van der Waals surface area contributed by atoms with E-state index < -0.39 is 23.5 Å². The summed E-state index contributed by atoms with van der Waals surface area (Å²) in [6.45, 7) is 25.1. The number of nitrogen functional groups attached to an aromatic ring is 1. The van der Waals surface area contributed by atoms with Crippen LogP contribution >= 0.6 is 0 Å². The van der Waals surface area contributed by atoms with Crippen molar-refractivity contribution in [1.29, 1.82) is 0 Å². The van der Waals surface area contributed by atoms with Gasteiger partial charge in [-0.2, -0.15) is 26.3 Å². The Morgan fingerprint density at radius 2 is 0.534 bits per heavy atom. The van der Waals surface area contributed by atoms with Crippen molar-refractivity contribution in [2.45, 2.75) is 95.4 Å². The van der Waals surface area contributed by atoms with E-state index in [4.69, 9.17) is 5.73 Å². The Bertz CT molecular complexity index is 2360. The van der Waals surface area contributed by atoms with Crippen molar-refractivity contribution in [3.63, 3.8) is 0 Å². The molecule has 0 aliphatic carbocycles. The summed E-state index contributed by atoms with van der Waals surface area (Å²) < 4.78 is 81.5. The number of alkyl halides is 6. The summed E-state index contributed by atoms with van der Waals surface area (Å²) in [5.41, 5.74) is 27.2. The average molecular weight is 790 g/mol. The number of nitrogens with two attached hydrogens (primary N) is 1. The average Bonchev–Trinajstić information content (AvgIpc) is 3.16. The van der Waals surface area contributed by atoms with E-state index in [1.54, 1.807) is 24.3 Å². The van der Waals surface area contributed by atoms with Gasteiger partial charge in [0, 0.05) is 5.69 Å². The minimum absolute atomic E-state index is 0.254. The zero-order valence-corrected chi connectivity index (χ0v) is 35.4. The fraction of sp³-hybridized carbons (Fsp3) is 0.280. The molecule has 0 radical (unpaired) electrons. The highest BCUT2D eigenvalue weighted by Crippen LogP contribution is 2.38. The fourth-order valence-electron chi connectivity index (χ4n) is 9.36. The highest BCUT2D eigenvalue weighted by molar-refractivity contribution is 6.97. The van der Waals surface area contributed by atoms with Gasteiger partial charge in [0.2, 0.25) is 6.71 Å². The van der Waals surface area contributed by atoms with Crippen molar-refractivity contribution in [2.75, 3.05) is 5.73 Å². The topological polar surface area (TPSA) is 26.0 Å². The van der Waals surface area contributed by atoms with Crippen LogP contribution in [0.1, 0.15) is 77.9 Å². The molecule has 0 saturated carbocycles. The third-order valence-corrected chi connectivity index (χ3v) is 13.1. The molecule has 2 N–H and O–H groups in total. The molecule has 0 spiro atoms. The van der Waals surface area contributed by atoms with E-state index in [1.165, 1.54) is 5.46 Å². The van der Waals surface area contributed by atoms with Gasteiger partial charge in [-0.1, -0.05) is 86.2 Å². The van der Waals surface area contributed by atoms with E-state index in [9.17, 15) is 26.3 Å². The highest BCUT2D eigenvalue weighted by atomic mass is 19.4. The molecule has 6 aromatic carbocycles. The van der Waals surface area contributed by atoms with E-state index >= 15 is 0 Å². The maximum Gasteiger partial charge on any atom is 0.416 e. The Labute approximate surface area is 339 Å². The molecular formula is C50H50BF6N. The smallest absolute Gasteiger partial charge is 0.399 e. The quantitative estimate of drug-likeness (QED) is 0.102. The van der Waals surface area contributed by atoms with Gasteiger partial charge in [0.1, 0.15) is 0 Å². The lowest BCUT2D eigenvalue weighted by Gasteiger charge is -2.33. The number of halogens is 6. The van der Waals surface area contributed by atoms with Crippen LogP contribution in [0.25, 0.3) is 33.4 Å². The second kappa shape index (κ2) is 15.2. The van der Waals surface area contributed by atoms with Crippen LogP contribution in [0.2, 0.25) is 0 Å². The predicted molar refractivity (Wildman–Crippen MR) is 232 cm³/mol. The van der Waals surface area contributed by atoms with Crippen molar-refractivity contribution in [2.24, 2.45) is 0 Å². The first-order valence-corrected chi connectivity index (χ1v) is 19.5. The summed E-state index contributed by atoms with van der Waals surface area (Å²) in [5, 5.41) is 0. The summed E-state index contributed by atoms with van der Waals surface area (Å²) in [4.78, 5) is 0.